The van der Waals surface area contributed by atoms with Gasteiger partial charge in [0.2, 0.25) is 5.95 Å². The number of piperidine rings is 1. The average molecular weight is 312 g/mol. The Kier molecular flexibility index (Phi) is 4.41. The highest BCUT2D eigenvalue weighted by atomic mass is 15.3. The van der Waals surface area contributed by atoms with E-state index in [1.54, 1.807) is 0 Å². The zero-order valence-electron chi connectivity index (χ0n) is 14.3. The van der Waals surface area contributed by atoms with Gasteiger partial charge < -0.3 is 9.80 Å². The number of likely N-dealkylation sites (N-methyl/N-ethyl adjacent to an activating group) is 1. The van der Waals surface area contributed by atoms with Crippen LogP contribution in [0, 0.1) is 20.8 Å². The molecule has 1 unspecified atom stereocenters. The Balaban J connectivity index is 1.74. The zero-order valence-corrected chi connectivity index (χ0v) is 14.3. The Morgan fingerprint density at radius 3 is 2.57 bits per heavy atom. The van der Waals surface area contributed by atoms with Crippen molar-refractivity contribution in [2.24, 2.45) is 0 Å². The monoisotopic (exact) mass is 312 g/mol. The van der Waals surface area contributed by atoms with Crippen molar-refractivity contribution in [1.82, 2.24) is 20.2 Å². The molecular weight excluding hydrogens is 288 g/mol. The first-order valence-corrected chi connectivity index (χ1v) is 8.12. The topological polar surface area (TPSA) is 58.0 Å². The van der Waals surface area contributed by atoms with Crippen LogP contribution < -0.4 is 9.80 Å². The van der Waals surface area contributed by atoms with Crippen molar-refractivity contribution in [2.75, 3.05) is 29.9 Å². The fraction of sp³-hybridized carbons (Fsp3) is 0.529. The molecule has 3 rings (SSSR count). The summed E-state index contributed by atoms with van der Waals surface area (Å²) in [6.45, 7) is 8.03. The highest BCUT2D eigenvalue weighted by Crippen LogP contribution is 2.23. The fourth-order valence-corrected chi connectivity index (χ4v) is 2.90. The van der Waals surface area contributed by atoms with E-state index in [1.165, 1.54) is 5.56 Å². The van der Waals surface area contributed by atoms with Crippen LogP contribution in [0.2, 0.25) is 0 Å². The van der Waals surface area contributed by atoms with Crippen molar-refractivity contribution in [1.29, 1.82) is 0 Å². The normalized spacial score (nSPS) is 18.1. The summed E-state index contributed by atoms with van der Waals surface area (Å²) in [4.78, 5) is 13.4. The van der Waals surface area contributed by atoms with Crippen LogP contribution in [0.5, 0.6) is 0 Å². The maximum Gasteiger partial charge on any atom is 0.225 e. The van der Waals surface area contributed by atoms with E-state index in [2.05, 4.69) is 50.0 Å². The number of hydrogen-bond acceptors (Lipinski definition) is 6. The number of hydrogen-bond donors (Lipinski definition) is 0. The van der Waals surface area contributed by atoms with Crippen molar-refractivity contribution in [3.63, 3.8) is 0 Å². The van der Waals surface area contributed by atoms with Gasteiger partial charge in [0, 0.05) is 38.6 Å². The van der Waals surface area contributed by atoms with Gasteiger partial charge in [-0.1, -0.05) is 0 Å². The van der Waals surface area contributed by atoms with Crippen LogP contribution in [0.15, 0.2) is 18.5 Å². The molecule has 122 valence electrons. The third-order valence-corrected chi connectivity index (χ3v) is 4.57. The van der Waals surface area contributed by atoms with E-state index in [0.29, 0.717) is 6.04 Å². The van der Waals surface area contributed by atoms with Crippen molar-refractivity contribution in [2.45, 2.75) is 39.7 Å². The van der Waals surface area contributed by atoms with Gasteiger partial charge in [-0.25, -0.2) is 9.97 Å². The van der Waals surface area contributed by atoms with Crippen LogP contribution in [-0.4, -0.2) is 46.3 Å². The molecule has 0 aromatic carbocycles. The Morgan fingerprint density at radius 1 is 1.13 bits per heavy atom. The lowest BCUT2D eigenvalue weighted by Gasteiger charge is -2.38. The molecule has 0 radical (unpaired) electrons. The second kappa shape index (κ2) is 6.48. The summed E-state index contributed by atoms with van der Waals surface area (Å²) in [7, 11) is 2.07. The molecule has 2 aromatic rings. The molecule has 0 aliphatic carbocycles. The van der Waals surface area contributed by atoms with E-state index in [4.69, 9.17) is 0 Å². The van der Waals surface area contributed by atoms with Crippen LogP contribution in [0.3, 0.4) is 0 Å². The van der Waals surface area contributed by atoms with Crippen molar-refractivity contribution in [3.8, 4) is 0 Å². The third kappa shape index (κ3) is 3.41. The summed E-state index contributed by atoms with van der Waals surface area (Å²) in [6, 6.07) is 2.52. The first-order chi connectivity index (χ1) is 11.0. The van der Waals surface area contributed by atoms with E-state index < -0.39 is 0 Å². The molecule has 1 aliphatic heterocycles. The second-order valence-corrected chi connectivity index (χ2v) is 6.38. The van der Waals surface area contributed by atoms with Crippen molar-refractivity contribution < 1.29 is 0 Å². The first-order valence-electron chi connectivity index (χ1n) is 8.12. The third-order valence-electron chi connectivity index (χ3n) is 4.57. The summed E-state index contributed by atoms with van der Waals surface area (Å²) in [5.41, 5.74) is 3.26. The molecule has 0 bridgehead atoms. The molecule has 1 aliphatic rings. The second-order valence-electron chi connectivity index (χ2n) is 6.38. The highest BCUT2D eigenvalue weighted by molar-refractivity contribution is 5.43. The van der Waals surface area contributed by atoms with Gasteiger partial charge in [0.1, 0.15) is 0 Å². The maximum absolute atomic E-state index is 4.45. The summed E-state index contributed by atoms with van der Waals surface area (Å²) < 4.78 is 0. The van der Waals surface area contributed by atoms with Gasteiger partial charge in [-0.05, 0) is 50.8 Å². The number of aryl methyl sites for hydroxylation is 3. The Labute approximate surface area is 137 Å². The van der Waals surface area contributed by atoms with Gasteiger partial charge in [-0.15, -0.1) is 5.10 Å². The molecular formula is C17H24N6. The van der Waals surface area contributed by atoms with E-state index in [1.807, 2.05) is 26.2 Å². The molecule has 1 atom stereocenters. The lowest BCUT2D eigenvalue weighted by molar-refractivity contribution is 0.479. The lowest BCUT2D eigenvalue weighted by atomic mass is 10.0. The predicted molar refractivity (Wildman–Crippen MR) is 91.9 cm³/mol. The van der Waals surface area contributed by atoms with Crippen molar-refractivity contribution >= 4 is 11.8 Å². The van der Waals surface area contributed by atoms with E-state index in [9.17, 15) is 0 Å². The molecule has 3 heterocycles. The standard InChI is InChI=1S/C17H24N6/c1-12-9-18-17(19-10-12)22(4)15-6-5-7-23(11-15)16-8-13(2)14(3)20-21-16/h8-10,15H,5-7,11H2,1-4H3. The lowest BCUT2D eigenvalue weighted by Crippen LogP contribution is -2.47. The zero-order chi connectivity index (χ0) is 16.4. The smallest absolute Gasteiger partial charge is 0.225 e. The Hall–Kier alpha value is -2.24. The molecule has 6 nitrogen and oxygen atoms in total. The van der Waals surface area contributed by atoms with Gasteiger partial charge in [-0.3, -0.25) is 0 Å². The van der Waals surface area contributed by atoms with Gasteiger partial charge in [0.15, 0.2) is 5.82 Å². The predicted octanol–water partition coefficient (Wildman–Crippen LogP) is 2.30. The fourth-order valence-electron chi connectivity index (χ4n) is 2.90. The minimum Gasteiger partial charge on any atom is -0.353 e. The molecule has 0 N–H and O–H groups in total. The van der Waals surface area contributed by atoms with Gasteiger partial charge >= 0.3 is 0 Å². The maximum atomic E-state index is 4.45. The minimum atomic E-state index is 0.384. The quantitative estimate of drug-likeness (QED) is 0.867. The van der Waals surface area contributed by atoms with Crippen LogP contribution in [0.1, 0.15) is 29.7 Å². The molecule has 0 amide bonds. The number of anilines is 2. The van der Waals surface area contributed by atoms with Crippen LogP contribution >= 0.6 is 0 Å². The molecule has 23 heavy (non-hydrogen) atoms. The molecule has 1 saturated heterocycles. The number of nitrogens with zero attached hydrogens (tertiary/aromatic N) is 6. The summed E-state index contributed by atoms with van der Waals surface area (Å²) in [6.07, 6.45) is 6.01. The Morgan fingerprint density at radius 2 is 1.87 bits per heavy atom. The molecule has 2 aromatic heterocycles. The molecule has 6 heteroatoms. The summed E-state index contributed by atoms with van der Waals surface area (Å²) in [5.74, 6) is 1.75. The first kappa shape index (κ1) is 15.6. The average Bonchev–Trinajstić information content (AvgIpc) is 2.57. The molecule has 1 fully saturated rings. The van der Waals surface area contributed by atoms with Crippen LogP contribution in [0.25, 0.3) is 0 Å². The van der Waals surface area contributed by atoms with Crippen LogP contribution in [0.4, 0.5) is 11.8 Å². The van der Waals surface area contributed by atoms with Crippen molar-refractivity contribution in [3.05, 3.63) is 35.3 Å². The van der Waals surface area contributed by atoms with E-state index in [-0.39, 0.29) is 0 Å². The summed E-state index contributed by atoms with van der Waals surface area (Å²) in [5, 5.41) is 8.63. The SMILES string of the molecule is Cc1cnc(N(C)C2CCCN(c3cc(C)c(C)nn3)C2)nc1. The minimum absolute atomic E-state index is 0.384. The van der Waals surface area contributed by atoms with Gasteiger partial charge in [0.05, 0.1) is 5.69 Å². The highest BCUT2D eigenvalue weighted by Gasteiger charge is 2.25. The van der Waals surface area contributed by atoms with E-state index >= 15 is 0 Å². The number of aromatic nitrogens is 4. The van der Waals surface area contributed by atoms with E-state index in [0.717, 1.165) is 49.0 Å². The largest absolute Gasteiger partial charge is 0.353 e. The van der Waals surface area contributed by atoms with Crippen LogP contribution in [-0.2, 0) is 0 Å². The molecule has 0 saturated carbocycles. The number of rotatable bonds is 3. The van der Waals surface area contributed by atoms with Gasteiger partial charge in [-0.2, -0.15) is 5.10 Å². The molecule has 0 spiro atoms. The Bertz CT molecular complexity index is 669. The van der Waals surface area contributed by atoms with Gasteiger partial charge in [0.25, 0.3) is 0 Å². The summed E-state index contributed by atoms with van der Waals surface area (Å²) >= 11 is 0.